The molecule has 28 heavy (non-hydrogen) atoms. The monoisotopic (exact) mass is 375 g/mol. The van der Waals surface area contributed by atoms with Gasteiger partial charge in [0.15, 0.2) is 0 Å². The molecule has 1 aliphatic heterocycles. The lowest BCUT2D eigenvalue weighted by Gasteiger charge is -2.31. The van der Waals surface area contributed by atoms with Gasteiger partial charge in [-0.2, -0.15) is 0 Å². The SMILES string of the molecule is CC(C)CCNc1ncnc2ccc(-c3ccccc3N3CCNCC3)cc12. The number of benzene rings is 2. The number of para-hydroxylation sites is 1. The Morgan fingerprint density at radius 3 is 2.71 bits per heavy atom. The van der Waals surface area contributed by atoms with Crippen LogP contribution in [0, 0.1) is 5.92 Å². The molecule has 5 heteroatoms. The van der Waals surface area contributed by atoms with Gasteiger partial charge in [-0.15, -0.1) is 0 Å². The summed E-state index contributed by atoms with van der Waals surface area (Å²) in [5, 5.41) is 8.02. The molecule has 0 aliphatic carbocycles. The Hall–Kier alpha value is -2.66. The molecule has 3 aromatic rings. The van der Waals surface area contributed by atoms with Crippen LogP contribution in [0.4, 0.5) is 11.5 Å². The van der Waals surface area contributed by atoms with Crippen LogP contribution in [-0.2, 0) is 0 Å². The summed E-state index contributed by atoms with van der Waals surface area (Å²) in [5.41, 5.74) is 4.76. The molecule has 1 fully saturated rings. The highest BCUT2D eigenvalue weighted by Gasteiger charge is 2.15. The maximum atomic E-state index is 4.51. The minimum Gasteiger partial charge on any atom is -0.369 e. The Morgan fingerprint density at radius 1 is 1.07 bits per heavy atom. The van der Waals surface area contributed by atoms with Gasteiger partial charge < -0.3 is 15.5 Å². The number of aromatic nitrogens is 2. The van der Waals surface area contributed by atoms with Gasteiger partial charge in [0.1, 0.15) is 12.1 Å². The zero-order valence-electron chi connectivity index (χ0n) is 16.8. The Labute approximate surface area is 167 Å². The Bertz CT molecular complexity index is 931. The van der Waals surface area contributed by atoms with Crippen LogP contribution in [0.3, 0.4) is 0 Å². The van der Waals surface area contributed by atoms with Crippen molar-refractivity contribution in [3.05, 3.63) is 48.8 Å². The molecule has 1 aromatic heterocycles. The molecule has 0 atom stereocenters. The molecule has 1 aliphatic rings. The van der Waals surface area contributed by atoms with Crippen molar-refractivity contribution >= 4 is 22.4 Å². The van der Waals surface area contributed by atoms with Crippen LogP contribution in [0.25, 0.3) is 22.0 Å². The summed E-state index contributed by atoms with van der Waals surface area (Å²) in [6.07, 6.45) is 2.77. The van der Waals surface area contributed by atoms with Gasteiger partial charge in [-0.25, -0.2) is 9.97 Å². The average molecular weight is 376 g/mol. The first kappa shape index (κ1) is 18.7. The highest BCUT2D eigenvalue weighted by Crippen LogP contribution is 2.33. The van der Waals surface area contributed by atoms with Crippen molar-refractivity contribution in [3.63, 3.8) is 0 Å². The molecule has 5 nitrogen and oxygen atoms in total. The summed E-state index contributed by atoms with van der Waals surface area (Å²) >= 11 is 0. The standard InChI is InChI=1S/C23H29N5/c1-17(2)9-10-25-23-20-15-18(7-8-21(20)26-16-27-23)19-5-3-4-6-22(19)28-13-11-24-12-14-28/h3-8,15-17,24H,9-14H2,1-2H3,(H,25,26,27). The van der Waals surface area contributed by atoms with E-state index in [0.717, 1.165) is 55.9 Å². The van der Waals surface area contributed by atoms with Crippen LogP contribution < -0.4 is 15.5 Å². The fourth-order valence-electron chi connectivity index (χ4n) is 3.74. The number of nitrogens with zero attached hydrogens (tertiary/aromatic N) is 3. The zero-order valence-corrected chi connectivity index (χ0v) is 16.8. The largest absolute Gasteiger partial charge is 0.369 e. The summed E-state index contributed by atoms with van der Waals surface area (Å²) in [7, 11) is 0. The van der Waals surface area contributed by atoms with Gasteiger partial charge in [-0.3, -0.25) is 0 Å². The molecule has 2 heterocycles. The topological polar surface area (TPSA) is 53.1 Å². The first-order valence-electron chi connectivity index (χ1n) is 10.3. The fourth-order valence-corrected chi connectivity index (χ4v) is 3.74. The summed E-state index contributed by atoms with van der Waals surface area (Å²) in [4.78, 5) is 11.4. The number of hydrogen-bond acceptors (Lipinski definition) is 5. The number of fused-ring (bicyclic) bond motifs is 1. The molecule has 2 N–H and O–H groups in total. The van der Waals surface area contributed by atoms with Crippen LogP contribution in [0.5, 0.6) is 0 Å². The molecule has 0 unspecified atom stereocenters. The number of hydrogen-bond donors (Lipinski definition) is 2. The second-order valence-electron chi connectivity index (χ2n) is 7.82. The number of piperazine rings is 1. The van der Waals surface area contributed by atoms with E-state index in [2.05, 4.69) is 81.8 Å². The third-order valence-electron chi connectivity index (χ3n) is 5.32. The van der Waals surface area contributed by atoms with Crippen molar-refractivity contribution in [1.82, 2.24) is 15.3 Å². The molecule has 0 bridgehead atoms. The van der Waals surface area contributed by atoms with Crippen molar-refractivity contribution in [3.8, 4) is 11.1 Å². The van der Waals surface area contributed by atoms with E-state index < -0.39 is 0 Å². The maximum absolute atomic E-state index is 4.51. The van der Waals surface area contributed by atoms with E-state index in [4.69, 9.17) is 0 Å². The molecule has 4 rings (SSSR count). The van der Waals surface area contributed by atoms with Crippen molar-refractivity contribution in [2.75, 3.05) is 42.9 Å². The highest BCUT2D eigenvalue weighted by atomic mass is 15.2. The van der Waals surface area contributed by atoms with Gasteiger partial charge in [0.2, 0.25) is 0 Å². The lowest BCUT2D eigenvalue weighted by atomic mass is 10.0. The molecule has 0 amide bonds. The zero-order chi connectivity index (χ0) is 19.3. The average Bonchev–Trinajstić information content (AvgIpc) is 2.74. The van der Waals surface area contributed by atoms with E-state index in [0.29, 0.717) is 5.92 Å². The van der Waals surface area contributed by atoms with Crippen LogP contribution >= 0.6 is 0 Å². The lowest BCUT2D eigenvalue weighted by molar-refractivity contribution is 0.589. The Morgan fingerprint density at radius 2 is 1.89 bits per heavy atom. The van der Waals surface area contributed by atoms with Gasteiger partial charge in [-0.05, 0) is 36.1 Å². The lowest BCUT2D eigenvalue weighted by Crippen LogP contribution is -2.43. The summed E-state index contributed by atoms with van der Waals surface area (Å²) in [5.74, 6) is 1.59. The van der Waals surface area contributed by atoms with E-state index in [1.54, 1.807) is 6.33 Å². The molecule has 146 valence electrons. The van der Waals surface area contributed by atoms with Crippen LogP contribution in [0.2, 0.25) is 0 Å². The maximum Gasteiger partial charge on any atom is 0.137 e. The number of anilines is 2. The Balaban J connectivity index is 1.70. The predicted octanol–water partition coefficient (Wildman–Crippen LogP) is 4.16. The van der Waals surface area contributed by atoms with Crippen molar-refractivity contribution in [1.29, 1.82) is 0 Å². The van der Waals surface area contributed by atoms with Crippen molar-refractivity contribution in [2.45, 2.75) is 20.3 Å². The molecule has 2 aromatic carbocycles. The fraction of sp³-hybridized carbons (Fsp3) is 0.391. The smallest absolute Gasteiger partial charge is 0.137 e. The van der Waals surface area contributed by atoms with E-state index >= 15 is 0 Å². The van der Waals surface area contributed by atoms with Gasteiger partial charge in [0, 0.05) is 49.4 Å². The molecule has 0 spiro atoms. The minimum absolute atomic E-state index is 0.669. The first-order valence-corrected chi connectivity index (χ1v) is 10.3. The molecule has 0 radical (unpaired) electrons. The van der Waals surface area contributed by atoms with Crippen LogP contribution in [0.15, 0.2) is 48.8 Å². The normalized spacial score (nSPS) is 14.6. The van der Waals surface area contributed by atoms with Gasteiger partial charge in [-0.1, -0.05) is 38.1 Å². The summed E-state index contributed by atoms with van der Waals surface area (Å²) in [6.45, 7) is 9.54. The summed E-state index contributed by atoms with van der Waals surface area (Å²) < 4.78 is 0. The van der Waals surface area contributed by atoms with E-state index in [9.17, 15) is 0 Å². The Kier molecular flexibility index (Phi) is 5.72. The first-order chi connectivity index (χ1) is 13.7. The van der Waals surface area contributed by atoms with Gasteiger partial charge in [0.25, 0.3) is 0 Å². The van der Waals surface area contributed by atoms with Crippen molar-refractivity contribution in [2.24, 2.45) is 5.92 Å². The third-order valence-corrected chi connectivity index (χ3v) is 5.32. The molecular formula is C23H29N5. The second kappa shape index (κ2) is 8.57. The van der Waals surface area contributed by atoms with E-state index in [1.807, 2.05) is 0 Å². The summed E-state index contributed by atoms with van der Waals surface area (Å²) in [6, 6.07) is 15.2. The quantitative estimate of drug-likeness (QED) is 0.677. The second-order valence-corrected chi connectivity index (χ2v) is 7.82. The predicted molar refractivity (Wildman–Crippen MR) is 118 cm³/mol. The minimum atomic E-state index is 0.669. The highest BCUT2D eigenvalue weighted by molar-refractivity contribution is 5.94. The van der Waals surface area contributed by atoms with Crippen LogP contribution in [0.1, 0.15) is 20.3 Å². The molecular weight excluding hydrogens is 346 g/mol. The van der Waals surface area contributed by atoms with E-state index in [1.165, 1.54) is 16.8 Å². The van der Waals surface area contributed by atoms with Crippen LogP contribution in [-0.4, -0.2) is 42.7 Å². The number of rotatable bonds is 6. The number of nitrogens with one attached hydrogen (secondary N) is 2. The van der Waals surface area contributed by atoms with Gasteiger partial charge in [0.05, 0.1) is 5.52 Å². The van der Waals surface area contributed by atoms with Gasteiger partial charge >= 0.3 is 0 Å². The third kappa shape index (κ3) is 4.09. The molecule has 0 saturated carbocycles. The van der Waals surface area contributed by atoms with E-state index in [-0.39, 0.29) is 0 Å². The van der Waals surface area contributed by atoms with Crippen molar-refractivity contribution < 1.29 is 0 Å². The molecule has 1 saturated heterocycles.